The zero-order chi connectivity index (χ0) is 21.1. The maximum atomic E-state index is 13.1. The number of hydrogen-bond acceptors (Lipinski definition) is 7. The monoisotopic (exact) mass is 409 g/mol. The van der Waals surface area contributed by atoms with Crippen molar-refractivity contribution in [3.8, 4) is 28.8 Å². The summed E-state index contributed by atoms with van der Waals surface area (Å²) >= 11 is 0. The molecule has 9 nitrogen and oxygen atoms in total. The van der Waals surface area contributed by atoms with E-state index in [4.69, 9.17) is 14.2 Å². The first-order valence-corrected chi connectivity index (χ1v) is 9.58. The molecule has 0 N–H and O–H groups in total. The van der Waals surface area contributed by atoms with Crippen LogP contribution in [0.4, 0.5) is 0 Å². The molecule has 9 heteroatoms. The first-order chi connectivity index (χ1) is 14.6. The molecule has 1 aliphatic heterocycles. The van der Waals surface area contributed by atoms with E-state index in [2.05, 4.69) is 15.1 Å². The highest BCUT2D eigenvalue weighted by molar-refractivity contribution is 5.94. The number of carbonyl (C=O) groups is 1. The van der Waals surface area contributed by atoms with E-state index in [0.717, 1.165) is 17.0 Å². The molecule has 4 rings (SSSR count). The summed E-state index contributed by atoms with van der Waals surface area (Å²) < 4.78 is 17.8. The van der Waals surface area contributed by atoms with Crippen LogP contribution in [0.1, 0.15) is 16.9 Å². The van der Waals surface area contributed by atoms with Gasteiger partial charge in [-0.15, -0.1) is 0 Å². The fourth-order valence-electron chi connectivity index (χ4n) is 3.42. The first-order valence-electron chi connectivity index (χ1n) is 9.58. The average molecular weight is 409 g/mol. The molecular formula is C21H23N5O4. The highest BCUT2D eigenvalue weighted by Gasteiger charge is 2.30. The van der Waals surface area contributed by atoms with E-state index in [1.165, 1.54) is 19.5 Å². The molecule has 1 fully saturated rings. The molecule has 1 aliphatic rings. The Morgan fingerprint density at radius 1 is 1.13 bits per heavy atom. The molecule has 1 atom stereocenters. The Bertz CT molecular complexity index is 1050. The van der Waals surface area contributed by atoms with E-state index in [-0.39, 0.29) is 12.0 Å². The van der Waals surface area contributed by atoms with Crippen LogP contribution >= 0.6 is 0 Å². The molecule has 0 bridgehead atoms. The van der Waals surface area contributed by atoms with Crippen LogP contribution in [0.5, 0.6) is 17.5 Å². The quantitative estimate of drug-likeness (QED) is 0.616. The van der Waals surface area contributed by atoms with Crippen molar-refractivity contribution >= 4 is 5.91 Å². The van der Waals surface area contributed by atoms with Crippen molar-refractivity contribution in [3.05, 3.63) is 48.4 Å². The lowest BCUT2D eigenvalue weighted by atomic mass is 10.1. The molecule has 156 valence electrons. The third-order valence-electron chi connectivity index (χ3n) is 4.98. The van der Waals surface area contributed by atoms with Crippen LogP contribution < -0.4 is 14.2 Å². The molecule has 1 saturated heterocycles. The topological polar surface area (TPSA) is 91.6 Å². The summed E-state index contributed by atoms with van der Waals surface area (Å²) in [5.41, 5.74) is 2.14. The minimum Gasteiger partial charge on any atom is -0.497 e. The van der Waals surface area contributed by atoms with Gasteiger partial charge >= 0.3 is 0 Å². The lowest BCUT2D eigenvalue weighted by Gasteiger charge is -2.16. The number of likely N-dealkylation sites (tertiary alicyclic amines) is 1. The molecule has 1 unspecified atom stereocenters. The van der Waals surface area contributed by atoms with E-state index >= 15 is 0 Å². The molecule has 30 heavy (non-hydrogen) atoms. The standard InChI is InChI=1S/C21H23N5O4/c1-25-18(10-17(24-25)14-5-4-6-15(9-14)28-2)21(27)26-8-7-16(13-26)30-20-12-22-11-19(23-20)29-3/h4-6,9-12,16H,7-8,13H2,1-3H3. The van der Waals surface area contributed by atoms with Crippen molar-refractivity contribution < 1.29 is 19.0 Å². The average Bonchev–Trinajstić information content (AvgIpc) is 3.40. The second kappa shape index (κ2) is 8.40. The van der Waals surface area contributed by atoms with Gasteiger partial charge in [-0.1, -0.05) is 12.1 Å². The number of aryl methyl sites for hydroxylation is 1. The van der Waals surface area contributed by atoms with Gasteiger partial charge in [0.05, 0.1) is 38.9 Å². The molecule has 1 aromatic carbocycles. The number of nitrogens with zero attached hydrogens (tertiary/aromatic N) is 5. The molecule has 0 aliphatic carbocycles. The number of amides is 1. The number of hydrogen-bond donors (Lipinski definition) is 0. The predicted octanol–water partition coefficient (Wildman–Crippen LogP) is 2.19. The number of ether oxygens (including phenoxy) is 3. The van der Waals surface area contributed by atoms with Crippen LogP contribution in [-0.4, -0.2) is 64.0 Å². The number of benzene rings is 1. The smallest absolute Gasteiger partial charge is 0.272 e. The van der Waals surface area contributed by atoms with Gasteiger partial charge in [-0.2, -0.15) is 10.1 Å². The minimum atomic E-state index is -0.151. The number of rotatable bonds is 6. The van der Waals surface area contributed by atoms with Crippen LogP contribution in [0.15, 0.2) is 42.7 Å². The van der Waals surface area contributed by atoms with E-state index in [0.29, 0.717) is 37.0 Å². The Labute approximate surface area is 174 Å². The molecule has 3 heterocycles. The lowest BCUT2D eigenvalue weighted by Crippen LogP contribution is -2.32. The van der Waals surface area contributed by atoms with Gasteiger partial charge in [-0.05, 0) is 18.2 Å². The lowest BCUT2D eigenvalue weighted by molar-refractivity contribution is 0.0760. The van der Waals surface area contributed by atoms with Gasteiger partial charge < -0.3 is 19.1 Å². The van der Waals surface area contributed by atoms with Crippen LogP contribution in [0, 0.1) is 0 Å². The van der Waals surface area contributed by atoms with E-state index in [9.17, 15) is 4.79 Å². The van der Waals surface area contributed by atoms with Gasteiger partial charge in [-0.25, -0.2) is 0 Å². The van der Waals surface area contributed by atoms with Crippen molar-refractivity contribution in [1.82, 2.24) is 24.6 Å². The zero-order valence-corrected chi connectivity index (χ0v) is 17.1. The fraction of sp³-hybridized carbons (Fsp3) is 0.333. The summed E-state index contributed by atoms with van der Waals surface area (Å²) in [5, 5.41) is 4.50. The summed E-state index contributed by atoms with van der Waals surface area (Å²) in [6, 6.07) is 9.40. The summed E-state index contributed by atoms with van der Waals surface area (Å²) in [6.07, 6.45) is 3.61. The first kappa shape index (κ1) is 19.7. The summed E-state index contributed by atoms with van der Waals surface area (Å²) in [7, 11) is 4.92. The number of methoxy groups -OCH3 is 2. The Morgan fingerprint density at radius 3 is 2.77 bits per heavy atom. The van der Waals surface area contributed by atoms with Gasteiger partial charge in [0.25, 0.3) is 5.91 Å². The van der Waals surface area contributed by atoms with Gasteiger partial charge in [0.1, 0.15) is 17.5 Å². The van der Waals surface area contributed by atoms with E-state index in [1.807, 2.05) is 24.3 Å². The van der Waals surface area contributed by atoms with Crippen molar-refractivity contribution in [2.24, 2.45) is 7.05 Å². The summed E-state index contributed by atoms with van der Waals surface area (Å²) in [6.45, 7) is 1.07. The second-order valence-corrected chi connectivity index (χ2v) is 6.95. The van der Waals surface area contributed by atoms with Crippen molar-refractivity contribution in [3.63, 3.8) is 0 Å². The zero-order valence-electron chi connectivity index (χ0n) is 17.1. The molecule has 0 saturated carbocycles. The number of aromatic nitrogens is 4. The minimum absolute atomic E-state index is 0.0815. The molecule has 3 aromatic rings. The highest BCUT2D eigenvalue weighted by Crippen LogP contribution is 2.25. The van der Waals surface area contributed by atoms with Gasteiger partial charge in [-0.3, -0.25) is 14.5 Å². The summed E-state index contributed by atoms with van der Waals surface area (Å²) in [5.74, 6) is 1.43. The molecule has 0 spiro atoms. The van der Waals surface area contributed by atoms with Crippen LogP contribution in [0.25, 0.3) is 11.3 Å². The molecule has 0 radical (unpaired) electrons. The normalized spacial score (nSPS) is 15.8. The van der Waals surface area contributed by atoms with Gasteiger partial charge in [0, 0.05) is 25.6 Å². The molecule has 1 amide bonds. The van der Waals surface area contributed by atoms with Crippen molar-refractivity contribution in [2.75, 3.05) is 27.3 Å². The maximum absolute atomic E-state index is 13.1. The van der Waals surface area contributed by atoms with Crippen LogP contribution in [0.2, 0.25) is 0 Å². The third-order valence-corrected chi connectivity index (χ3v) is 4.98. The Morgan fingerprint density at radius 2 is 1.97 bits per heavy atom. The molecular weight excluding hydrogens is 386 g/mol. The number of carbonyl (C=O) groups excluding carboxylic acids is 1. The maximum Gasteiger partial charge on any atom is 0.272 e. The van der Waals surface area contributed by atoms with Crippen LogP contribution in [-0.2, 0) is 7.05 Å². The predicted molar refractivity (Wildman–Crippen MR) is 109 cm³/mol. The fourth-order valence-corrected chi connectivity index (χ4v) is 3.42. The largest absolute Gasteiger partial charge is 0.497 e. The summed E-state index contributed by atoms with van der Waals surface area (Å²) in [4.78, 5) is 23.1. The van der Waals surface area contributed by atoms with E-state index < -0.39 is 0 Å². The van der Waals surface area contributed by atoms with Gasteiger partial charge in [0.2, 0.25) is 11.8 Å². The highest BCUT2D eigenvalue weighted by atomic mass is 16.5. The Hall–Kier alpha value is -3.62. The third kappa shape index (κ3) is 4.05. The Balaban J connectivity index is 1.45. The SMILES string of the molecule is COc1cccc(-c2cc(C(=O)N3CCC(Oc4cncc(OC)n4)C3)n(C)n2)c1. The molecule has 2 aromatic heterocycles. The second-order valence-electron chi connectivity index (χ2n) is 6.95. The van der Waals surface area contributed by atoms with E-state index in [1.54, 1.807) is 29.8 Å². The van der Waals surface area contributed by atoms with Gasteiger partial charge in [0.15, 0.2) is 0 Å². The van der Waals surface area contributed by atoms with Crippen LogP contribution in [0.3, 0.4) is 0 Å². The Kier molecular flexibility index (Phi) is 5.51. The van der Waals surface area contributed by atoms with Crippen molar-refractivity contribution in [2.45, 2.75) is 12.5 Å². The van der Waals surface area contributed by atoms with Crippen molar-refractivity contribution in [1.29, 1.82) is 0 Å².